The molecular formula is C22H25F3IN5. The Kier molecular flexibility index (Phi) is 9.58. The highest BCUT2D eigenvalue weighted by Gasteiger charge is 2.22. The number of nitrogens with zero attached hydrogens (tertiary/aromatic N) is 3. The Morgan fingerprint density at radius 1 is 1.19 bits per heavy atom. The van der Waals surface area contributed by atoms with E-state index in [0.29, 0.717) is 18.1 Å². The number of likely N-dealkylation sites (tertiary alicyclic amines) is 1. The summed E-state index contributed by atoms with van der Waals surface area (Å²) < 4.78 is 42.0. The van der Waals surface area contributed by atoms with Crippen LogP contribution >= 0.6 is 24.0 Å². The molecule has 2 N–H and O–H groups in total. The average Bonchev–Trinajstić information content (AvgIpc) is 2.74. The molecule has 166 valence electrons. The highest BCUT2D eigenvalue weighted by Crippen LogP contribution is 2.18. The van der Waals surface area contributed by atoms with E-state index >= 15 is 0 Å². The molecule has 0 spiro atoms. The minimum absolute atomic E-state index is 0. The molecule has 3 rings (SSSR count). The lowest BCUT2D eigenvalue weighted by Gasteiger charge is -2.34. The second-order valence-electron chi connectivity index (χ2n) is 7.26. The van der Waals surface area contributed by atoms with Gasteiger partial charge in [-0.2, -0.15) is 5.26 Å². The third kappa shape index (κ3) is 6.83. The van der Waals surface area contributed by atoms with Crippen molar-refractivity contribution in [1.82, 2.24) is 15.5 Å². The Bertz CT molecular complexity index is 940. The molecule has 9 heteroatoms. The third-order valence-corrected chi connectivity index (χ3v) is 5.14. The molecule has 2 aromatic carbocycles. The Morgan fingerprint density at radius 3 is 2.58 bits per heavy atom. The van der Waals surface area contributed by atoms with Crippen LogP contribution in [0.25, 0.3) is 0 Å². The van der Waals surface area contributed by atoms with E-state index in [9.17, 15) is 13.2 Å². The molecule has 1 heterocycles. The summed E-state index contributed by atoms with van der Waals surface area (Å²) in [5, 5.41) is 15.2. The zero-order chi connectivity index (χ0) is 21.5. The van der Waals surface area contributed by atoms with Crippen molar-refractivity contribution in [2.75, 3.05) is 20.1 Å². The van der Waals surface area contributed by atoms with Gasteiger partial charge in [-0.3, -0.25) is 9.89 Å². The molecule has 0 aliphatic carbocycles. The van der Waals surface area contributed by atoms with Gasteiger partial charge in [0.05, 0.1) is 11.6 Å². The number of rotatable bonds is 5. The Balaban J connectivity index is 0.00000341. The third-order valence-electron chi connectivity index (χ3n) is 5.14. The van der Waals surface area contributed by atoms with Gasteiger partial charge >= 0.3 is 0 Å². The van der Waals surface area contributed by atoms with Crippen molar-refractivity contribution in [3.63, 3.8) is 0 Å². The van der Waals surface area contributed by atoms with Crippen LogP contribution in [0.3, 0.4) is 0 Å². The second-order valence-corrected chi connectivity index (χ2v) is 7.26. The summed E-state index contributed by atoms with van der Waals surface area (Å²) >= 11 is 0. The number of benzene rings is 2. The monoisotopic (exact) mass is 543 g/mol. The molecule has 1 aliphatic heterocycles. The highest BCUT2D eigenvalue weighted by atomic mass is 127. The van der Waals surface area contributed by atoms with Gasteiger partial charge in [0.1, 0.15) is 17.5 Å². The topological polar surface area (TPSA) is 63.5 Å². The Morgan fingerprint density at radius 2 is 1.94 bits per heavy atom. The minimum atomic E-state index is -0.535. The van der Waals surface area contributed by atoms with Crippen molar-refractivity contribution in [3.8, 4) is 6.07 Å². The minimum Gasteiger partial charge on any atom is -0.352 e. The van der Waals surface area contributed by atoms with Crippen LogP contribution in [0, 0.1) is 28.8 Å². The van der Waals surface area contributed by atoms with E-state index in [4.69, 9.17) is 5.26 Å². The number of hydrogen-bond acceptors (Lipinski definition) is 3. The van der Waals surface area contributed by atoms with E-state index in [1.54, 1.807) is 19.2 Å². The summed E-state index contributed by atoms with van der Waals surface area (Å²) in [7, 11) is 1.62. The van der Waals surface area contributed by atoms with Crippen LogP contribution in [0.2, 0.25) is 0 Å². The summed E-state index contributed by atoms with van der Waals surface area (Å²) in [5.74, 6) is -1.01. The number of nitriles is 1. The average molecular weight is 543 g/mol. The predicted molar refractivity (Wildman–Crippen MR) is 125 cm³/mol. The summed E-state index contributed by atoms with van der Waals surface area (Å²) in [6.07, 6.45) is 1.77. The van der Waals surface area contributed by atoms with Crippen LogP contribution in [0.5, 0.6) is 0 Å². The fourth-order valence-electron chi connectivity index (χ4n) is 3.55. The summed E-state index contributed by atoms with van der Waals surface area (Å²) in [5.41, 5.74) is 0.779. The van der Waals surface area contributed by atoms with Crippen molar-refractivity contribution in [2.45, 2.75) is 32.0 Å². The van der Waals surface area contributed by atoms with E-state index in [1.807, 2.05) is 11.0 Å². The number of aliphatic imine (C=N–C) groups is 1. The quantitative estimate of drug-likeness (QED) is 0.341. The summed E-state index contributed by atoms with van der Waals surface area (Å²) in [6.45, 7) is 1.79. The van der Waals surface area contributed by atoms with Gasteiger partial charge in [0.2, 0.25) is 0 Å². The molecule has 0 bridgehead atoms. The second kappa shape index (κ2) is 11.9. The molecule has 5 nitrogen and oxygen atoms in total. The number of piperidine rings is 1. The zero-order valence-electron chi connectivity index (χ0n) is 17.2. The van der Waals surface area contributed by atoms with Crippen molar-refractivity contribution < 1.29 is 13.2 Å². The van der Waals surface area contributed by atoms with Gasteiger partial charge in [0.15, 0.2) is 5.96 Å². The van der Waals surface area contributed by atoms with Crippen LogP contribution in [0.15, 0.2) is 41.4 Å². The molecule has 1 aliphatic rings. The van der Waals surface area contributed by atoms with E-state index in [0.717, 1.165) is 19.4 Å². The normalized spacial score (nSPS) is 16.9. The van der Waals surface area contributed by atoms with Crippen LogP contribution < -0.4 is 10.6 Å². The standard InChI is InChI=1S/C22H24F3N5.HI/c1-27-22(28-12-16-8-7-15(11-26)10-21(16)25)29-17-4-3-9-30(13-17)14-18-19(23)5-2-6-20(18)24;/h2,5-8,10,17H,3-4,9,12-14H2,1H3,(H2,27,28,29);1H. The molecule has 1 saturated heterocycles. The maximum atomic E-state index is 14.1. The number of nitrogens with one attached hydrogen (secondary N) is 2. The van der Waals surface area contributed by atoms with Gasteiger partial charge in [0, 0.05) is 43.9 Å². The maximum Gasteiger partial charge on any atom is 0.191 e. The molecule has 1 unspecified atom stereocenters. The maximum absolute atomic E-state index is 14.1. The molecule has 1 fully saturated rings. The lowest BCUT2D eigenvalue weighted by molar-refractivity contribution is 0.188. The summed E-state index contributed by atoms with van der Waals surface area (Å²) in [6, 6.07) is 10.2. The number of hydrogen-bond donors (Lipinski definition) is 2. The Labute approximate surface area is 197 Å². The lowest BCUT2D eigenvalue weighted by Crippen LogP contribution is -2.50. The van der Waals surface area contributed by atoms with Gasteiger partial charge < -0.3 is 10.6 Å². The fraction of sp³-hybridized carbons (Fsp3) is 0.364. The number of halogens is 4. The number of guanidine groups is 1. The van der Waals surface area contributed by atoms with Gasteiger partial charge in [-0.25, -0.2) is 13.2 Å². The van der Waals surface area contributed by atoms with Gasteiger partial charge in [-0.05, 0) is 43.7 Å². The molecule has 2 aromatic rings. The molecule has 0 saturated carbocycles. The fourth-order valence-corrected chi connectivity index (χ4v) is 3.55. The molecule has 31 heavy (non-hydrogen) atoms. The van der Waals surface area contributed by atoms with Crippen LogP contribution in [-0.4, -0.2) is 37.0 Å². The van der Waals surface area contributed by atoms with Crippen molar-refractivity contribution in [2.24, 2.45) is 4.99 Å². The highest BCUT2D eigenvalue weighted by molar-refractivity contribution is 14.0. The SMILES string of the molecule is CN=C(NCc1ccc(C#N)cc1F)NC1CCCN(Cc2c(F)cccc2F)C1.I. The smallest absolute Gasteiger partial charge is 0.191 e. The van der Waals surface area contributed by atoms with Crippen LogP contribution in [-0.2, 0) is 13.1 Å². The molecule has 0 aromatic heterocycles. The largest absolute Gasteiger partial charge is 0.352 e. The Hall–Kier alpha value is -2.32. The van der Waals surface area contributed by atoms with Crippen LogP contribution in [0.4, 0.5) is 13.2 Å². The lowest BCUT2D eigenvalue weighted by atomic mass is 10.0. The first-order chi connectivity index (χ1) is 14.5. The first kappa shape index (κ1) is 24.9. The first-order valence-corrected chi connectivity index (χ1v) is 9.81. The summed E-state index contributed by atoms with van der Waals surface area (Å²) in [4.78, 5) is 6.19. The first-order valence-electron chi connectivity index (χ1n) is 9.81. The van der Waals surface area contributed by atoms with Crippen molar-refractivity contribution in [1.29, 1.82) is 5.26 Å². The van der Waals surface area contributed by atoms with Gasteiger partial charge in [0.25, 0.3) is 0 Å². The van der Waals surface area contributed by atoms with Crippen molar-refractivity contribution in [3.05, 3.63) is 70.5 Å². The van der Waals surface area contributed by atoms with Gasteiger partial charge in [-0.1, -0.05) is 12.1 Å². The van der Waals surface area contributed by atoms with E-state index in [-0.39, 0.29) is 54.2 Å². The molecular weight excluding hydrogens is 518 g/mol. The molecule has 0 amide bonds. The van der Waals surface area contributed by atoms with Gasteiger partial charge in [-0.15, -0.1) is 24.0 Å². The predicted octanol–water partition coefficient (Wildman–Crippen LogP) is 3.92. The van der Waals surface area contributed by atoms with E-state index in [2.05, 4.69) is 15.6 Å². The van der Waals surface area contributed by atoms with E-state index < -0.39 is 17.5 Å². The molecule has 1 atom stereocenters. The van der Waals surface area contributed by atoms with E-state index in [1.165, 1.54) is 24.3 Å². The zero-order valence-corrected chi connectivity index (χ0v) is 19.5. The molecule has 0 radical (unpaired) electrons. The van der Waals surface area contributed by atoms with Crippen molar-refractivity contribution >= 4 is 29.9 Å². The van der Waals surface area contributed by atoms with Crippen LogP contribution in [0.1, 0.15) is 29.5 Å².